The van der Waals surface area contributed by atoms with E-state index in [1.165, 1.54) is 12.1 Å². The minimum absolute atomic E-state index is 0.0652. The van der Waals surface area contributed by atoms with Crippen LogP contribution in [0.3, 0.4) is 0 Å². The Bertz CT molecular complexity index is 1020. The molecule has 31 heavy (non-hydrogen) atoms. The molecule has 0 spiro atoms. The standard InChI is InChI=1S/C24H23FN2O4/c1-2-26-23(28)16-31-21-12-10-20(11-13-21)27-24(29)18-4-3-5-22(14-18)30-15-17-6-8-19(25)9-7-17/h3-14H,2,15-16H2,1H3,(H,26,28)(H,27,29). The number of anilines is 1. The van der Waals surface area contributed by atoms with Gasteiger partial charge in [0.05, 0.1) is 0 Å². The van der Waals surface area contributed by atoms with Gasteiger partial charge in [0.15, 0.2) is 6.61 Å². The largest absolute Gasteiger partial charge is 0.489 e. The summed E-state index contributed by atoms with van der Waals surface area (Å²) in [6.45, 7) is 2.59. The molecule has 0 heterocycles. The number of amides is 2. The fraction of sp³-hybridized carbons (Fsp3) is 0.167. The number of hydrogen-bond donors (Lipinski definition) is 2. The molecule has 0 aliphatic carbocycles. The zero-order valence-corrected chi connectivity index (χ0v) is 17.1. The maximum absolute atomic E-state index is 13.0. The van der Waals surface area contributed by atoms with E-state index in [0.29, 0.717) is 29.3 Å². The molecule has 0 unspecified atom stereocenters. The van der Waals surface area contributed by atoms with E-state index >= 15 is 0 Å². The van der Waals surface area contributed by atoms with E-state index in [4.69, 9.17) is 9.47 Å². The van der Waals surface area contributed by atoms with Gasteiger partial charge in [-0.05, 0) is 67.1 Å². The third-order valence-electron chi connectivity index (χ3n) is 4.27. The maximum Gasteiger partial charge on any atom is 0.257 e. The molecular formula is C24H23FN2O4. The quantitative estimate of drug-likeness (QED) is 0.543. The number of carbonyl (C=O) groups excluding carboxylic acids is 2. The first kappa shape index (κ1) is 21.8. The van der Waals surface area contributed by atoms with Gasteiger partial charge in [-0.25, -0.2) is 4.39 Å². The average molecular weight is 422 g/mol. The Balaban J connectivity index is 1.54. The smallest absolute Gasteiger partial charge is 0.257 e. The van der Waals surface area contributed by atoms with E-state index in [9.17, 15) is 14.0 Å². The van der Waals surface area contributed by atoms with Gasteiger partial charge in [0.25, 0.3) is 11.8 Å². The molecule has 0 aliphatic heterocycles. The summed E-state index contributed by atoms with van der Waals surface area (Å²) >= 11 is 0. The van der Waals surface area contributed by atoms with Gasteiger partial charge >= 0.3 is 0 Å². The van der Waals surface area contributed by atoms with Crippen LogP contribution in [-0.4, -0.2) is 25.0 Å². The monoisotopic (exact) mass is 422 g/mol. The Hall–Kier alpha value is -3.87. The zero-order chi connectivity index (χ0) is 22.1. The molecule has 6 nitrogen and oxygen atoms in total. The van der Waals surface area contributed by atoms with E-state index in [2.05, 4.69) is 10.6 Å². The third kappa shape index (κ3) is 6.85. The van der Waals surface area contributed by atoms with Crippen LogP contribution in [0.5, 0.6) is 11.5 Å². The van der Waals surface area contributed by atoms with Crippen LogP contribution in [0.25, 0.3) is 0 Å². The number of halogens is 1. The van der Waals surface area contributed by atoms with E-state index < -0.39 is 0 Å². The second-order valence-electron chi connectivity index (χ2n) is 6.66. The molecular weight excluding hydrogens is 399 g/mol. The molecule has 0 atom stereocenters. The van der Waals surface area contributed by atoms with E-state index in [1.807, 2.05) is 6.92 Å². The summed E-state index contributed by atoms with van der Waals surface area (Å²) < 4.78 is 24.1. The number of ether oxygens (including phenoxy) is 2. The summed E-state index contributed by atoms with van der Waals surface area (Å²) in [6.07, 6.45) is 0. The van der Waals surface area contributed by atoms with Crippen LogP contribution in [0.1, 0.15) is 22.8 Å². The Kier molecular flexibility index (Phi) is 7.59. The lowest BCUT2D eigenvalue weighted by Gasteiger charge is -2.10. The second kappa shape index (κ2) is 10.8. The molecule has 2 N–H and O–H groups in total. The van der Waals surface area contributed by atoms with E-state index in [-0.39, 0.29) is 30.8 Å². The first-order valence-electron chi connectivity index (χ1n) is 9.81. The molecule has 3 aromatic carbocycles. The van der Waals surface area contributed by atoms with Crippen molar-refractivity contribution in [3.05, 3.63) is 89.7 Å². The lowest BCUT2D eigenvalue weighted by molar-refractivity contribution is -0.122. The molecule has 7 heteroatoms. The fourth-order valence-corrected chi connectivity index (χ4v) is 2.71. The van der Waals surface area contributed by atoms with Gasteiger partial charge in [-0.2, -0.15) is 0 Å². The normalized spacial score (nSPS) is 10.3. The lowest BCUT2D eigenvalue weighted by atomic mass is 10.2. The number of benzene rings is 3. The molecule has 2 amide bonds. The van der Waals surface area contributed by atoms with Crippen molar-refractivity contribution in [2.75, 3.05) is 18.5 Å². The highest BCUT2D eigenvalue weighted by Gasteiger charge is 2.08. The van der Waals surface area contributed by atoms with Crippen LogP contribution in [-0.2, 0) is 11.4 Å². The number of nitrogens with one attached hydrogen (secondary N) is 2. The molecule has 0 radical (unpaired) electrons. The molecule has 3 rings (SSSR count). The van der Waals surface area contributed by atoms with Crippen LogP contribution in [0.2, 0.25) is 0 Å². The van der Waals surface area contributed by atoms with Crippen LogP contribution >= 0.6 is 0 Å². The predicted octanol–water partition coefficient (Wildman–Crippen LogP) is 4.17. The van der Waals surface area contributed by atoms with Crippen LogP contribution in [0, 0.1) is 5.82 Å². The summed E-state index contributed by atoms with van der Waals surface area (Å²) in [6, 6.07) is 19.6. The van der Waals surface area contributed by atoms with Crippen molar-refractivity contribution in [3.63, 3.8) is 0 Å². The minimum atomic E-state index is -0.302. The fourth-order valence-electron chi connectivity index (χ4n) is 2.71. The molecule has 160 valence electrons. The number of likely N-dealkylation sites (N-methyl/N-ethyl adjacent to an activating group) is 1. The third-order valence-corrected chi connectivity index (χ3v) is 4.27. The average Bonchev–Trinajstić information content (AvgIpc) is 2.78. The molecule has 0 aromatic heterocycles. The highest BCUT2D eigenvalue weighted by molar-refractivity contribution is 6.04. The van der Waals surface area contributed by atoms with Gasteiger partial charge in [-0.15, -0.1) is 0 Å². The minimum Gasteiger partial charge on any atom is -0.489 e. The van der Waals surface area contributed by atoms with Crippen LogP contribution in [0.15, 0.2) is 72.8 Å². The van der Waals surface area contributed by atoms with Crippen LogP contribution in [0.4, 0.5) is 10.1 Å². The number of carbonyl (C=O) groups is 2. The molecule has 0 saturated carbocycles. The van der Waals surface area contributed by atoms with Crippen molar-refractivity contribution in [2.24, 2.45) is 0 Å². The Morgan fingerprint density at radius 3 is 2.35 bits per heavy atom. The van der Waals surface area contributed by atoms with Crippen molar-refractivity contribution in [1.29, 1.82) is 0 Å². The van der Waals surface area contributed by atoms with E-state index in [1.54, 1.807) is 60.7 Å². The summed E-state index contributed by atoms with van der Waals surface area (Å²) in [5.74, 6) is 0.278. The second-order valence-corrected chi connectivity index (χ2v) is 6.66. The Labute approximate surface area is 180 Å². The summed E-state index contributed by atoms with van der Waals surface area (Å²) in [7, 11) is 0. The number of rotatable bonds is 9. The van der Waals surface area contributed by atoms with Crippen molar-refractivity contribution < 1.29 is 23.5 Å². The van der Waals surface area contributed by atoms with Gasteiger partial charge < -0.3 is 20.1 Å². The summed E-state index contributed by atoms with van der Waals surface area (Å²) in [4.78, 5) is 24.0. The van der Waals surface area contributed by atoms with Crippen molar-refractivity contribution >= 4 is 17.5 Å². The van der Waals surface area contributed by atoms with Gasteiger partial charge in [0, 0.05) is 17.8 Å². The SMILES string of the molecule is CCNC(=O)COc1ccc(NC(=O)c2cccc(OCc3ccc(F)cc3)c2)cc1. The van der Waals surface area contributed by atoms with Crippen molar-refractivity contribution in [3.8, 4) is 11.5 Å². The first-order chi connectivity index (χ1) is 15.0. The van der Waals surface area contributed by atoms with Gasteiger partial charge in [0.2, 0.25) is 0 Å². The molecule has 3 aromatic rings. The summed E-state index contributed by atoms with van der Waals surface area (Å²) in [5.41, 5.74) is 1.85. The maximum atomic E-state index is 13.0. The van der Waals surface area contributed by atoms with Gasteiger partial charge in [-0.1, -0.05) is 18.2 Å². The lowest BCUT2D eigenvalue weighted by Crippen LogP contribution is -2.28. The highest BCUT2D eigenvalue weighted by Crippen LogP contribution is 2.19. The Morgan fingerprint density at radius 1 is 0.903 bits per heavy atom. The molecule has 0 aliphatic rings. The number of hydrogen-bond acceptors (Lipinski definition) is 4. The van der Waals surface area contributed by atoms with Crippen molar-refractivity contribution in [2.45, 2.75) is 13.5 Å². The summed E-state index contributed by atoms with van der Waals surface area (Å²) in [5, 5.41) is 5.46. The van der Waals surface area contributed by atoms with E-state index in [0.717, 1.165) is 5.56 Å². The van der Waals surface area contributed by atoms with Gasteiger partial charge in [-0.3, -0.25) is 9.59 Å². The highest BCUT2D eigenvalue weighted by atomic mass is 19.1. The Morgan fingerprint density at radius 2 is 1.65 bits per heavy atom. The molecule has 0 saturated heterocycles. The van der Waals surface area contributed by atoms with Gasteiger partial charge in [0.1, 0.15) is 23.9 Å². The zero-order valence-electron chi connectivity index (χ0n) is 17.1. The first-order valence-corrected chi connectivity index (χ1v) is 9.81. The predicted molar refractivity (Wildman–Crippen MR) is 116 cm³/mol. The topological polar surface area (TPSA) is 76.7 Å². The molecule has 0 fully saturated rings. The van der Waals surface area contributed by atoms with Crippen LogP contribution < -0.4 is 20.1 Å². The molecule has 0 bridgehead atoms. The van der Waals surface area contributed by atoms with Crippen molar-refractivity contribution in [1.82, 2.24) is 5.32 Å².